The van der Waals surface area contributed by atoms with Crippen LogP contribution in [-0.4, -0.2) is 14.6 Å². The van der Waals surface area contributed by atoms with E-state index >= 15 is 0 Å². The molecule has 3 rings (SSSR count). The van der Waals surface area contributed by atoms with E-state index < -0.39 is 11.6 Å². The molecule has 2 heterocycles. The first-order valence-corrected chi connectivity index (χ1v) is 6.63. The van der Waals surface area contributed by atoms with Gasteiger partial charge in [0, 0.05) is 18.3 Å². The third-order valence-corrected chi connectivity index (χ3v) is 3.36. The number of fused-ring (bicyclic) bond motifs is 1. The summed E-state index contributed by atoms with van der Waals surface area (Å²) in [5.41, 5.74) is 1.04. The molecular formula is C15H14F2N4. The van der Waals surface area contributed by atoms with Crippen molar-refractivity contribution in [3.63, 3.8) is 0 Å². The Morgan fingerprint density at radius 3 is 2.86 bits per heavy atom. The van der Waals surface area contributed by atoms with Gasteiger partial charge in [-0.15, -0.1) is 10.2 Å². The maximum Gasteiger partial charge on any atom is 0.163 e. The molecule has 0 radical (unpaired) electrons. The average Bonchev–Trinajstić information content (AvgIpc) is 2.92. The van der Waals surface area contributed by atoms with Crippen molar-refractivity contribution in [2.45, 2.75) is 19.5 Å². The van der Waals surface area contributed by atoms with Gasteiger partial charge in [0.25, 0.3) is 0 Å². The fourth-order valence-corrected chi connectivity index (χ4v) is 2.19. The molecule has 1 unspecified atom stereocenters. The topological polar surface area (TPSA) is 42.2 Å². The Bertz CT molecular complexity index is 769. The predicted molar refractivity (Wildman–Crippen MR) is 74.6 cm³/mol. The summed E-state index contributed by atoms with van der Waals surface area (Å²) in [5.74, 6) is -0.930. The van der Waals surface area contributed by atoms with Crippen molar-refractivity contribution in [1.82, 2.24) is 19.9 Å². The van der Waals surface area contributed by atoms with Gasteiger partial charge in [0.15, 0.2) is 23.1 Å². The molecule has 1 N–H and O–H groups in total. The van der Waals surface area contributed by atoms with Crippen LogP contribution in [0.3, 0.4) is 0 Å². The maximum atomic E-state index is 13.6. The molecule has 0 fully saturated rings. The zero-order chi connectivity index (χ0) is 14.8. The standard InChI is InChI=1S/C15H14F2N4/c1-10(15-20-19-13-7-2-3-8-21(13)15)18-9-11-5-4-6-12(16)14(11)17/h2-8,10,18H,9H2,1H3. The molecule has 0 saturated carbocycles. The summed E-state index contributed by atoms with van der Waals surface area (Å²) in [6, 6.07) is 9.63. The molecular weight excluding hydrogens is 274 g/mol. The van der Waals surface area contributed by atoms with Gasteiger partial charge < -0.3 is 5.32 Å². The molecule has 4 nitrogen and oxygen atoms in total. The van der Waals surface area contributed by atoms with E-state index in [1.54, 1.807) is 6.07 Å². The van der Waals surface area contributed by atoms with Gasteiger partial charge in [-0.3, -0.25) is 4.40 Å². The fraction of sp³-hybridized carbons (Fsp3) is 0.200. The number of hydrogen-bond donors (Lipinski definition) is 1. The Morgan fingerprint density at radius 2 is 2.00 bits per heavy atom. The molecule has 108 valence electrons. The van der Waals surface area contributed by atoms with E-state index in [1.165, 1.54) is 6.07 Å². The van der Waals surface area contributed by atoms with E-state index in [1.807, 2.05) is 35.7 Å². The van der Waals surface area contributed by atoms with Crippen LogP contribution in [0.15, 0.2) is 42.6 Å². The number of nitrogens with one attached hydrogen (secondary N) is 1. The Balaban J connectivity index is 1.77. The second-order valence-corrected chi connectivity index (χ2v) is 4.80. The Labute approximate surface area is 120 Å². The van der Waals surface area contributed by atoms with Crippen LogP contribution in [-0.2, 0) is 6.54 Å². The normalized spacial score (nSPS) is 12.7. The number of nitrogens with zero attached hydrogens (tertiary/aromatic N) is 3. The monoisotopic (exact) mass is 288 g/mol. The lowest BCUT2D eigenvalue weighted by atomic mass is 10.2. The first kappa shape index (κ1) is 13.6. The second kappa shape index (κ2) is 5.57. The van der Waals surface area contributed by atoms with Gasteiger partial charge in [-0.25, -0.2) is 8.78 Å². The molecule has 0 aliphatic rings. The summed E-state index contributed by atoms with van der Waals surface area (Å²) in [6.07, 6.45) is 1.87. The lowest BCUT2D eigenvalue weighted by molar-refractivity contribution is 0.479. The number of halogens is 2. The highest BCUT2D eigenvalue weighted by atomic mass is 19.2. The molecule has 0 aliphatic carbocycles. The molecule has 21 heavy (non-hydrogen) atoms. The van der Waals surface area contributed by atoms with Crippen LogP contribution in [0.5, 0.6) is 0 Å². The highest BCUT2D eigenvalue weighted by molar-refractivity contribution is 5.37. The lowest BCUT2D eigenvalue weighted by Crippen LogP contribution is -2.21. The van der Waals surface area contributed by atoms with E-state index in [0.29, 0.717) is 0 Å². The fourth-order valence-electron chi connectivity index (χ4n) is 2.19. The summed E-state index contributed by atoms with van der Waals surface area (Å²) in [6.45, 7) is 2.12. The van der Waals surface area contributed by atoms with Crippen LogP contribution in [0.1, 0.15) is 24.4 Å². The number of aromatic nitrogens is 3. The smallest absolute Gasteiger partial charge is 0.163 e. The summed E-state index contributed by atoms with van der Waals surface area (Å²) in [5, 5.41) is 11.3. The molecule has 6 heteroatoms. The van der Waals surface area contributed by atoms with E-state index in [-0.39, 0.29) is 18.2 Å². The number of rotatable bonds is 4. The zero-order valence-electron chi connectivity index (χ0n) is 11.4. The highest BCUT2D eigenvalue weighted by Crippen LogP contribution is 2.15. The van der Waals surface area contributed by atoms with Crippen molar-refractivity contribution in [3.8, 4) is 0 Å². The molecule has 0 spiro atoms. The van der Waals surface area contributed by atoms with E-state index in [4.69, 9.17) is 0 Å². The molecule has 0 saturated heterocycles. The molecule has 0 aliphatic heterocycles. The van der Waals surface area contributed by atoms with Crippen molar-refractivity contribution >= 4 is 5.65 Å². The van der Waals surface area contributed by atoms with E-state index in [0.717, 1.165) is 17.5 Å². The molecule has 0 bridgehead atoms. The van der Waals surface area contributed by atoms with Crippen LogP contribution in [0.4, 0.5) is 8.78 Å². The Morgan fingerprint density at radius 1 is 1.14 bits per heavy atom. The van der Waals surface area contributed by atoms with Crippen LogP contribution in [0.25, 0.3) is 5.65 Å². The summed E-state index contributed by atoms with van der Waals surface area (Å²) in [4.78, 5) is 0. The van der Waals surface area contributed by atoms with Crippen LogP contribution in [0.2, 0.25) is 0 Å². The van der Waals surface area contributed by atoms with Gasteiger partial charge in [-0.2, -0.15) is 0 Å². The van der Waals surface area contributed by atoms with Crippen LogP contribution >= 0.6 is 0 Å². The van der Waals surface area contributed by atoms with Crippen molar-refractivity contribution in [3.05, 3.63) is 65.6 Å². The van der Waals surface area contributed by atoms with Gasteiger partial charge in [0.2, 0.25) is 0 Å². The van der Waals surface area contributed by atoms with Gasteiger partial charge in [-0.05, 0) is 25.1 Å². The van der Waals surface area contributed by atoms with Crippen molar-refractivity contribution in [2.75, 3.05) is 0 Å². The van der Waals surface area contributed by atoms with E-state index in [2.05, 4.69) is 15.5 Å². The Hall–Kier alpha value is -2.34. The minimum Gasteiger partial charge on any atom is -0.303 e. The molecule has 1 atom stereocenters. The first-order chi connectivity index (χ1) is 10.2. The largest absolute Gasteiger partial charge is 0.303 e. The van der Waals surface area contributed by atoms with Crippen LogP contribution in [0, 0.1) is 11.6 Å². The van der Waals surface area contributed by atoms with Crippen molar-refractivity contribution in [1.29, 1.82) is 0 Å². The van der Waals surface area contributed by atoms with Crippen molar-refractivity contribution < 1.29 is 8.78 Å². The van der Waals surface area contributed by atoms with E-state index in [9.17, 15) is 8.78 Å². The van der Waals surface area contributed by atoms with Crippen molar-refractivity contribution in [2.24, 2.45) is 0 Å². The molecule has 1 aromatic carbocycles. The summed E-state index contributed by atoms with van der Waals surface area (Å²) < 4.78 is 28.6. The second-order valence-electron chi connectivity index (χ2n) is 4.80. The maximum absolute atomic E-state index is 13.6. The number of hydrogen-bond acceptors (Lipinski definition) is 3. The van der Waals surface area contributed by atoms with Crippen LogP contribution < -0.4 is 5.32 Å². The lowest BCUT2D eigenvalue weighted by Gasteiger charge is -2.12. The average molecular weight is 288 g/mol. The minimum absolute atomic E-state index is 0.148. The third kappa shape index (κ3) is 2.62. The SMILES string of the molecule is CC(NCc1cccc(F)c1F)c1nnc2ccccn12. The molecule has 0 amide bonds. The zero-order valence-corrected chi connectivity index (χ0v) is 11.4. The summed E-state index contributed by atoms with van der Waals surface area (Å²) in [7, 11) is 0. The number of pyridine rings is 1. The number of benzene rings is 1. The highest BCUT2D eigenvalue weighted by Gasteiger charge is 2.14. The first-order valence-electron chi connectivity index (χ1n) is 6.63. The van der Waals surface area contributed by atoms with Gasteiger partial charge in [-0.1, -0.05) is 18.2 Å². The quantitative estimate of drug-likeness (QED) is 0.802. The predicted octanol–water partition coefficient (Wildman–Crippen LogP) is 2.86. The van der Waals surface area contributed by atoms with Gasteiger partial charge in [0.1, 0.15) is 0 Å². The minimum atomic E-state index is -0.838. The van der Waals surface area contributed by atoms with Gasteiger partial charge >= 0.3 is 0 Å². The molecule has 3 aromatic rings. The van der Waals surface area contributed by atoms with Gasteiger partial charge in [0.05, 0.1) is 6.04 Å². The summed E-state index contributed by atoms with van der Waals surface area (Å²) >= 11 is 0. The molecule has 2 aromatic heterocycles. The third-order valence-electron chi connectivity index (χ3n) is 3.36. The Kier molecular flexibility index (Phi) is 3.62.